The van der Waals surface area contributed by atoms with Crippen LogP contribution in [0.2, 0.25) is 0 Å². The number of anilines is 2. The first kappa shape index (κ1) is 18.3. The minimum Gasteiger partial charge on any atom is -0.323 e. The number of rotatable bonds is 5. The molecule has 0 saturated carbocycles. The largest absolute Gasteiger partial charge is 0.323 e. The number of nitrogens with one attached hydrogen (secondary N) is 1. The van der Waals surface area contributed by atoms with E-state index in [0.29, 0.717) is 12.2 Å². The number of fused-ring (bicyclic) bond motifs is 1. The average molecular weight is 392 g/mol. The Bertz CT molecular complexity index is 1000. The summed E-state index contributed by atoms with van der Waals surface area (Å²) in [6.45, 7) is 2.57. The molecule has 1 unspecified atom stereocenters. The fraction of sp³-hybridized carbons (Fsp3) is 0.190. The van der Waals surface area contributed by atoms with E-state index in [2.05, 4.69) is 22.4 Å². The second-order valence-electron chi connectivity index (χ2n) is 6.57. The van der Waals surface area contributed by atoms with Crippen molar-refractivity contribution in [3.05, 3.63) is 72.6 Å². The van der Waals surface area contributed by atoms with Crippen molar-refractivity contribution in [3.63, 3.8) is 0 Å². The third kappa shape index (κ3) is 3.80. The molecule has 142 valence electrons. The Morgan fingerprint density at radius 3 is 2.75 bits per heavy atom. The lowest BCUT2D eigenvalue weighted by molar-refractivity contribution is -0.121. The summed E-state index contributed by atoms with van der Waals surface area (Å²) in [5.74, 6) is -0.295. The van der Waals surface area contributed by atoms with Crippen molar-refractivity contribution < 1.29 is 9.59 Å². The van der Waals surface area contributed by atoms with Gasteiger partial charge in [-0.05, 0) is 24.6 Å². The highest BCUT2D eigenvalue weighted by molar-refractivity contribution is 8.00. The lowest BCUT2D eigenvalue weighted by Gasteiger charge is -2.30. The summed E-state index contributed by atoms with van der Waals surface area (Å²) in [4.78, 5) is 31.1. The zero-order valence-corrected chi connectivity index (χ0v) is 16.2. The van der Waals surface area contributed by atoms with Crippen LogP contribution in [0.1, 0.15) is 12.5 Å². The molecule has 0 aliphatic carbocycles. The van der Waals surface area contributed by atoms with Gasteiger partial charge in [-0.2, -0.15) is 0 Å². The van der Waals surface area contributed by atoms with Crippen LogP contribution >= 0.6 is 11.8 Å². The first-order valence-electron chi connectivity index (χ1n) is 9.04. The molecule has 0 bridgehead atoms. The highest BCUT2D eigenvalue weighted by atomic mass is 32.2. The third-order valence-electron chi connectivity index (χ3n) is 4.54. The number of para-hydroxylation sites is 2. The fourth-order valence-electron chi connectivity index (χ4n) is 3.17. The summed E-state index contributed by atoms with van der Waals surface area (Å²) in [5.41, 5.74) is 2.56. The first-order valence-corrected chi connectivity index (χ1v) is 9.92. The summed E-state index contributed by atoms with van der Waals surface area (Å²) in [6.07, 6.45) is 3.66. The predicted octanol–water partition coefficient (Wildman–Crippen LogP) is 3.40. The number of amides is 2. The van der Waals surface area contributed by atoms with E-state index in [1.165, 1.54) is 17.3 Å². The van der Waals surface area contributed by atoms with Crippen molar-refractivity contribution in [2.45, 2.75) is 23.9 Å². The monoisotopic (exact) mass is 392 g/mol. The number of thioether (sulfide) groups is 1. The Labute approximate surface area is 167 Å². The van der Waals surface area contributed by atoms with E-state index in [1.807, 2.05) is 54.1 Å². The molecule has 3 aromatic rings. The van der Waals surface area contributed by atoms with Crippen molar-refractivity contribution in [3.8, 4) is 0 Å². The zero-order valence-electron chi connectivity index (χ0n) is 15.4. The SMILES string of the molecule is CC(Sc1nccn1Cc1ccccc1)C(=O)N1CC(=O)Nc2ccccc21. The van der Waals surface area contributed by atoms with Crippen molar-refractivity contribution in [2.24, 2.45) is 0 Å². The molecular weight excluding hydrogens is 372 g/mol. The van der Waals surface area contributed by atoms with Gasteiger partial charge in [0.1, 0.15) is 6.54 Å². The Hall–Kier alpha value is -3.06. The molecule has 6 nitrogen and oxygen atoms in total. The number of benzene rings is 2. The summed E-state index contributed by atoms with van der Waals surface area (Å²) >= 11 is 1.40. The number of hydrogen-bond acceptors (Lipinski definition) is 4. The molecule has 7 heteroatoms. The van der Waals surface area contributed by atoms with E-state index in [1.54, 1.807) is 17.2 Å². The number of carbonyl (C=O) groups is 2. The molecule has 4 rings (SSSR count). The Morgan fingerprint density at radius 1 is 1.18 bits per heavy atom. The average Bonchev–Trinajstić information content (AvgIpc) is 3.14. The normalized spacial score (nSPS) is 14.3. The smallest absolute Gasteiger partial charge is 0.244 e. The number of nitrogens with zero attached hydrogens (tertiary/aromatic N) is 3. The maximum atomic E-state index is 13.1. The molecule has 2 heterocycles. The maximum absolute atomic E-state index is 13.1. The summed E-state index contributed by atoms with van der Waals surface area (Å²) in [5, 5.41) is 3.21. The molecule has 1 aliphatic heterocycles. The standard InChI is InChI=1S/C21H20N4O2S/c1-15(20(27)25-14-19(26)23-17-9-5-6-10-18(17)25)28-21-22-11-12-24(21)13-16-7-3-2-4-8-16/h2-12,15H,13-14H2,1H3,(H,23,26). The topological polar surface area (TPSA) is 67.2 Å². The number of carbonyl (C=O) groups excluding carboxylic acids is 2. The van der Waals surface area contributed by atoms with E-state index in [4.69, 9.17) is 0 Å². The zero-order chi connectivity index (χ0) is 19.5. The van der Waals surface area contributed by atoms with Gasteiger partial charge in [-0.3, -0.25) is 14.5 Å². The first-order chi connectivity index (χ1) is 13.6. The van der Waals surface area contributed by atoms with Gasteiger partial charge in [0.25, 0.3) is 0 Å². The van der Waals surface area contributed by atoms with Crippen LogP contribution in [0.25, 0.3) is 0 Å². The Morgan fingerprint density at radius 2 is 1.93 bits per heavy atom. The second-order valence-corrected chi connectivity index (χ2v) is 7.88. The molecule has 1 atom stereocenters. The van der Waals surface area contributed by atoms with Crippen LogP contribution < -0.4 is 10.2 Å². The molecule has 0 spiro atoms. The number of aromatic nitrogens is 2. The predicted molar refractivity (Wildman–Crippen MR) is 111 cm³/mol. The Balaban J connectivity index is 1.51. The molecule has 1 N–H and O–H groups in total. The van der Waals surface area contributed by atoms with Gasteiger partial charge < -0.3 is 9.88 Å². The van der Waals surface area contributed by atoms with Crippen LogP contribution in [0, 0.1) is 0 Å². The quantitative estimate of drug-likeness (QED) is 0.676. The molecule has 0 fully saturated rings. The van der Waals surface area contributed by atoms with Gasteiger partial charge >= 0.3 is 0 Å². The van der Waals surface area contributed by atoms with Gasteiger partial charge in [0.15, 0.2) is 5.16 Å². The van der Waals surface area contributed by atoms with Crippen LogP contribution in [-0.4, -0.2) is 33.2 Å². The highest BCUT2D eigenvalue weighted by Crippen LogP contribution is 2.32. The minimum absolute atomic E-state index is 0.0270. The summed E-state index contributed by atoms with van der Waals surface area (Å²) < 4.78 is 2.03. The van der Waals surface area contributed by atoms with E-state index < -0.39 is 0 Å². The lowest BCUT2D eigenvalue weighted by atomic mass is 10.2. The van der Waals surface area contributed by atoms with E-state index >= 15 is 0 Å². The summed E-state index contributed by atoms with van der Waals surface area (Å²) in [7, 11) is 0. The highest BCUT2D eigenvalue weighted by Gasteiger charge is 2.30. The maximum Gasteiger partial charge on any atom is 0.244 e. The van der Waals surface area contributed by atoms with E-state index in [9.17, 15) is 9.59 Å². The summed E-state index contributed by atoms with van der Waals surface area (Å²) in [6, 6.07) is 17.5. The molecule has 0 saturated heterocycles. The van der Waals surface area contributed by atoms with Gasteiger partial charge in [0.05, 0.1) is 16.6 Å². The van der Waals surface area contributed by atoms with Crippen molar-refractivity contribution in [1.29, 1.82) is 0 Å². The molecule has 2 aromatic carbocycles. The van der Waals surface area contributed by atoms with Crippen LogP contribution in [0.4, 0.5) is 11.4 Å². The minimum atomic E-state index is -0.379. The lowest BCUT2D eigenvalue weighted by Crippen LogP contribution is -2.45. The van der Waals surface area contributed by atoms with Gasteiger partial charge in [-0.15, -0.1) is 0 Å². The van der Waals surface area contributed by atoms with Crippen molar-refractivity contribution >= 4 is 35.0 Å². The number of imidazole rings is 1. The molecule has 28 heavy (non-hydrogen) atoms. The number of hydrogen-bond donors (Lipinski definition) is 1. The van der Waals surface area contributed by atoms with Crippen LogP contribution in [0.3, 0.4) is 0 Å². The molecule has 1 aromatic heterocycles. The van der Waals surface area contributed by atoms with Crippen LogP contribution in [0.15, 0.2) is 72.1 Å². The molecule has 2 amide bonds. The van der Waals surface area contributed by atoms with Gasteiger partial charge in [0.2, 0.25) is 11.8 Å². The van der Waals surface area contributed by atoms with Gasteiger partial charge in [-0.25, -0.2) is 4.98 Å². The molecular formula is C21H20N4O2S. The Kier molecular flexibility index (Phi) is 5.16. The van der Waals surface area contributed by atoms with Crippen molar-refractivity contribution in [2.75, 3.05) is 16.8 Å². The van der Waals surface area contributed by atoms with Crippen molar-refractivity contribution in [1.82, 2.24) is 9.55 Å². The van der Waals surface area contributed by atoms with E-state index in [0.717, 1.165) is 10.8 Å². The van der Waals surface area contributed by atoms with Gasteiger partial charge in [0, 0.05) is 18.9 Å². The second kappa shape index (κ2) is 7.90. The van der Waals surface area contributed by atoms with Crippen LogP contribution in [0.5, 0.6) is 0 Å². The molecule has 0 radical (unpaired) electrons. The van der Waals surface area contributed by atoms with Crippen LogP contribution in [-0.2, 0) is 16.1 Å². The van der Waals surface area contributed by atoms with Gasteiger partial charge in [-0.1, -0.05) is 54.2 Å². The third-order valence-corrected chi connectivity index (χ3v) is 5.65. The van der Waals surface area contributed by atoms with E-state index in [-0.39, 0.29) is 23.6 Å². The fourth-order valence-corrected chi connectivity index (χ4v) is 4.10. The molecule has 1 aliphatic rings.